The van der Waals surface area contributed by atoms with Crippen LogP contribution in [0.4, 0.5) is 18.9 Å². The lowest BCUT2D eigenvalue weighted by Gasteiger charge is -2.18. The molecule has 21 heavy (non-hydrogen) atoms. The molecule has 0 aliphatic carbocycles. The SMILES string of the molecule is NC(=O)C(Nc1ccccc1F)c1cccc(C(F)F)c1. The van der Waals surface area contributed by atoms with Gasteiger partial charge >= 0.3 is 0 Å². The molecule has 0 aliphatic rings. The minimum atomic E-state index is -2.66. The van der Waals surface area contributed by atoms with Gasteiger partial charge < -0.3 is 11.1 Å². The Kier molecular flexibility index (Phi) is 4.47. The number of benzene rings is 2. The van der Waals surface area contributed by atoms with Crippen molar-refractivity contribution in [2.75, 3.05) is 5.32 Å². The summed E-state index contributed by atoms with van der Waals surface area (Å²) in [6.45, 7) is 0. The first-order chi connectivity index (χ1) is 9.99. The molecule has 6 heteroatoms. The highest BCUT2D eigenvalue weighted by Gasteiger charge is 2.20. The molecule has 0 fully saturated rings. The number of halogens is 3. The Bertz CT molecular complexity index is 646. The van der Waals surface area contributed by atoms with E-state index in [0.717, 1.165) is 0 Å². The molecule has 0 radical (unpaired) electrons. The molecule has 0 saturated heterocycles. The number of carbonyl (C=O) groups is 1. The topological polar surface area (TPSA) is 55.1 Å². The average Bonchev–Trinajstić information content (AvgIpc) is 2.46. The normalized spacial score (nSPS) is 12.2. The first kappa shape index (κ1) is 14.9. The first-order valence-electron chi connectivity index (χ1n) is 6.17. The van der Waals surface area contributed by atoms with Gasteiger partial charge in [-0.3, -0.25) is 4.79 Å². The molecule has 3 nitrogen and oxygen atoms in total. The highest BCUT2D eigenvalue weighted by atomic mass is 19.3. The van der Waals surface area contributed by atoms with Crippen molar-refractivity contribution in [3.8, 4) is 0 Å². The standard InChI is InChI=1S/C15H13F3N2O/c16-11-6-1-2-7-12(11)20-13(15(19)21)9-4-3-5-10(8-9)14(17)18/h1-8,13-14,20H,(H2,19,21). The highest BCUT2D eigenvalue weighted by molar-refractivity contribution is 5.84. The fourth-order valence-corrected chi connectivity index (χ4v) is 1.93. The Morgan fingerprint density at radius 3 is 2.33 bits per heavy atom. The quantitative estimate of drug-likeness (QED) is 0.888. The third-order valence-corrected chi connectivity index (χ3v) is 2.95. The van der Waals surface area contributed by atoms with Crippen molar-refractivity contribution in [3.63, 3.8) is 0 Å². The van der Waals surface area contributed by atoms with Gasteiger partial charge in [-0.15, -0.1) is 0 Å². The van der Waals surface area contributed by atoms with Crippen molar-refractivity contribution < 1.29 is 18.0 Å². The lowest BCUT2D eigenvalue weighted by Crippen LogP contribution is -2.28. The largest absolute Gasteiger partial charge is 0.368 e. The zero-order valence-corrected chi connectivity index (χ0v) is 10.9. The van der Waals surface area contributed by atoms with E-state index in [-0.39, 0.29) is 16.8 Å². The van der Waals surface area contributed by atoms with E-state index in [1.807, 2.05) is 0 Å². The van der Waals surface area contributed by atoms with Crippen LogP contribution in [0, 0.1) is 5.82 Å². The molecular weight excluding hydrogens is 281 g/mol. The number of primary amides is 1. The Morgan fingerprint density at radius 2 is 1.71 bits per heavy atom. The zero-order valence-electron chi connectivity index (χ0n) is 10.9. The van der Waals surface area contributed by atoms with Gasteiger partial charge in [-0.1, -0.05) is 30.3 Å². The second-order valence-corrected chi connectivity index (χ2v) is 4.43. The minimum Gasteiger partial charge on any atom is -0.368 e. The van der Waals surface area contributed by atoms with Crippen LogP contribution >= 0.6 is 0 Å². The van der Waals surface area contributed by atoms with E-state index in [4.69, 9.17) is 5.73 Å². The van der Waals surface area contributed by atoms with Crippen molar-refractivity contribution in [1.82, 2.24) is 0 Å². The summed E-state index contributed by atoms with van der Waals surface area (Å²) < 4.78 is 39.0. The van der Waals surface area contributed by atoms with Crippen LogP contribution in [0.25, 0.3) is 0 Å². The number of amides is 1. The number of nitrogens with two attached hydrogens (primary N) is 1. The number of rotatable bonds is 5. The summed E-state index contributed by atoms with van der Waals surface area (Å²) in [5.74, 6) is -1.35. The third-order valence-electron chi connectivity index (χ3n) is 2.95. The monoisotopic (exact) mass is 294 g/mol. The van der Waals surface area contributed by atoms with E-state index < -0.39 is 24.2 Å². The zero-order chi connectivity index (χ0) is 15.4. The maximum atomic E-state index is 13.6. The Balaban J connectivity index is 2.34. The number of carbonyl (C=O) groups excluding carboxylic acids is 1. The molecule has 0 heterocycles. The van der Waals surface area contributed by atoms with Crippen LogP contribution in [0.15, 0.2) is 48.5 Å². The number of nitrogens with one attached hydrogen (secondary N) is 1. The van der Waals surface area contributed by atoms with E-state index in [0.29, 0.717) is 0 Å². The fraction of sp³-hybridized carbons (Fsp3) is 0.133. The lowest BCUT2D eigenvalue weighted by molar-refractivity contribution is -0.118. The van der Waals surface area contributed by atoms with Gasteiger partial charge in [0.25, 0.3) is 6.43 Å². The molecule has 2 rings (SSSR count). The van der Waals surface area contributed by atoms with Gasteiger partial charge in [0.05, 0.1) is 5.69 Å². The van der Waals surface area contributed by atoms with Crippen LogP contribution in [-0.4, -0.2) is 5.91 Å². The summed E-state index contributed by atoms with van der Waals surface area (Å²) in [5.41, 5.74) is 5.38. The molecule has 0 aliphatic heterocycles. The summed E-state index contributed by atoms with van der Waals surface area (Å²) in [6.07, 6.45) is -2.66. The summed E-state index contributed by atoms with van der Waals surface area (Å²) in [4.78, 5) is 11.5. The molecule has 1 atom stereocenters. The van der Waals surface area contributed by atoms with Gasteiger partial charge in [-0.2, -0.15) is 0 Å². The molecule has 1 amide bonds. The number of para-hydroxylation sites is 1. The molecule has 2 aromatic rings. The third kappa shape index (κ3) is 3.53. The fourth-order valence-electron chi connectivity index (χ4n) is 1.93. The summed E-state index contributed by atoms with van der Waals surface area (Å²) in [7, 11) is 0. The number of alkyl halides is 2. The van der Waals surface area contributed by atoms with Gasteiger partial charge in [0, 0.05) is 5.56 Å². The van der Waals surface area contributed by atoms with Crippen molar-refractivity contribution in [3.05, 3.63) is 65.5 Å². The molecule has 2 aromatic carbocycles. The maximum Gasteiger partial charge on any atom is 0.263 e. The lowest BCUT2D eigenvalue weighted by atomic mass is 10.0. The molecule has 110 valence electrons. The highest BCUT2D eigenvalue weighted by Crippen LogP contribution is 2.25. The number of anilines is 1. The first-order valence-corrected chi connectivity index (χ1v) is 6.17. The van der Waals surface area contributed by atoms with Gasteiger partial charge in [0.15, 0.2) is 0 Å². The van der Waals surface area contributed by atoms with Gasteiger partial charge in [-0.05, 0) is 23.8 Å². The minimum absolute atomic E-state index is 0.0729. The van der Waals surface area contributed by atoms with E-state index >= 15 is 0 Å². The van der Waals surface area contributed by atoms with Crippen LogP contribution in [0.5, 0.6) is 0 Å². The van der Waals surface area contributed by atoms with E-state index in [9.17, 15) is 18.0 Å². The number of hydrogen-bond acceptors (Lipinski definition) is 2. The second kappa shape index (κ2) is 6.30. The Morgan fingerprint density at radius 1 is 1.05 bits per heavy atom. The van der Waals surface area contributed by atoms with Crippen LogP contribution in [-0.2, 0) is 4.79 Å². The average molecular weight is 294 g/mol. The maximum absolute atomic E-state index is 13.6. The predicted molar refractivity (Wildman–Crippen MR) is 73.4 cm³/mol. The van der Waals surface area contributed by atoms with Crippen LogP contribution in [0.1, 0.15) is 23.6 Å². The van der Waals surface area contributed by atoms with Crippen LogP contribution in [0.3, 0.4) is 0 Å². The van der Waals surface area contributed by atoms with Crippen molar-refractivity contribution in [2.24, 2.45) is 5.73 Å². The van der Waals surface area contributed by atoms with Gasteiger partial charge in [0.1, 0.15) is 11.9 Å². The van der Waals surface area contributed by atoms with Crippen molar-refractivity contribution in [1.29, 1.82) is 0 Å². The molecule has 0 aromatic heterocycles. The van der Waals surface area contributed by atoms with Crippen LogP contribution in [0.2, 0.25) is 0 Å². The molecule has 0 bridgehead atoms. The van der Waals surface area contributed by atoms with E-state index in [1.165, 1.54) is 42.5 Å². The Labute approximate surface area is 119 Å². The van der Waals surface area contributed by atoms with Crippen LogP contribution < -0.4 is 11.1 Å². The number of hydrogen-bond donors (Lipinski definition) is 2. The van der Waals surface area contributed by atoms with E-state index in [2.05, 4.69) is 5.32 Å². The summed E-state index contributed by atoms with van der Waals surface area (Å²) in [5, 5.41) is 2.63. The second-order valence-electron chi connectivity index (χ2n) is 4.43. The van der Waals surface area contributed by atoms with E-state index in [1.54, 1.807) is 6.07 Å². The molecular formula is C15H13F3N2O. The smallest absolute Gasteiger partial charge is 0.263 e. The summed E-state index contributed by atoms with van der Waals surface area (Å²) in [6, 6.07) is 9.93. The molecule has 1 unspecified atom stereocenters. The molecule has 0 saturated carbocycles. The predicted octanol–water partition coefficient (Wildman–Crippen LogP) is 3.40. The van der Waals surface area contributed by atoms with Crippen molar-refractivity contribution >= 4 is 11.6 Å². The molecule has 3 N–H and O–H groups in total. The Hall–Kier alpha value is -2.50. The molecule has 0 spiro atoms. The van der Waals surface area contributed by atoms with Crippen molar-refractivity contribution in [2.45, 2.75) is 12.5 Å². The van der Waals surface area contributed by atoms with Gasteiger partial charge in [0.2, 0.25) is 5.91 Å². The summed E-state index contributed by atoms with van der Waals surface area (Å²) >= 11 is 0. The van der Waals surface area contributed by atoms with Gasteiger partial charge in [-0.25, -0.2) is 13.2 Å².